The average Bonchev–Trinajstić information content (AvgIpc) is 3.06. The van der Waals surface area contributed by atoms with Crippen LogP contribution in [0, 0.1) is 0 Å². The third-order valence-corrected chi connectivity index (χ3v) is 15.0. The fourth-order valence-corrected chi connectivity index (χ4v) is 7.05. The normalized spacial score (nSPS) is 13.1. The Bertz CT molecular complexity index is 741. The van der Waals surface area contributed by atoms with Gasteiger partial charge in [0, 0.05) is 6.61 Å². The fraction of sp³-hybridized carbons (Fsp3) is 0.826. The molecule has 0 saturated heterocycles. The van der Waals surface area contributed by atoms with E-state index in [2.05, 4.69) is 101 Å². The SMILES string of the molecule is CCCCC/C=C\C/C=C\CCCCCCCCN(CCCCCCCC/C=C\C/C=C\CCCCC)CCCCO[Si](C)(C)C(C)(C)C. The van der Waals surface area contributed by atoms with Crippen molar-refractivity contribution in [2.75, 3.05) is 26.2 Å². The van der Waals surface area contributed by atoms with E-state index in [0.717, 1.165) is 19.4 Å². The molecule has 0 atom stereocenters. The predicted octanol–water partition coefficient (Wildman–Crippen LogP) is 15.7. The smallest absolute Gasteiger partial charge is 0.191 e. The molecule has 0 rings (SSSR count). The van der Waals surface area contributed by atoms with E-state index in [1.807, 2.05) is 0 Å². The summed E-state index contributed by atoms with van der Waals surface area (Å²) in [6, 6.07) is 0. The summed E-state index contributed by atoms with van der Waals surface area (Å²) in [6.45, 7) is 21.1. The Labute approximate surface area is 311 Å². The maximum absolute atomic E-state index is 6.47. The third-order valence-electron chi connectivity index (χ3n) is 10.5. The summed E-state index contributed by atoms with van der Waals surface area (Å²) in [7, 11) is -1.62. The summed E-state index contributed by atoms with van der Waals surface area (Å²) in [5.74, 6) is 0. The number of allylic oxidation sites excluding steroid dienone is 8. The molecule has 0 aliphatic rings. The van der Waals surface area contributed by atoms with Crippen LogP contribution in [0.25, 0.3) is 0 Å². The second-order valence-corrected chi connectivity index (χ2v) is 21.1. The molecule has 0 aliphatic heterocycles. The van der Waals surface area contributed by atoms with Crippen LogP contribution in [0.1, 0.15) is 202 Å². The van der Waals surface area contributed by atoms with Gasteiger partial charge in [0.25, 0.3) is 0 Å². The van der Waals surface area contributed by atoms with E-state index in [1.165, 1.54) is 174 Å². The Balaban J connectivity index is 4.15. The first-order valence-electron chi connectivity index (χ1n) is 21.7. The molecule has 0 fully saturated rings. The van der Waals surface area contributed by atoms with E-state index in [9.17, 15) is 0 Å². The van der Waals surface area contributed by atoms with Gasteiger partial charge in [-0.1, -0.05) is 160 Å². The minimum absolute atomic E-state index is 0.308. The highest BCUT2D eigenvalue weighted by molar-refractivity contribution is 6.74. The zero-order chi connectivity index (χ0) is 36.2. The molecule has 0 aromatic carbocycles. The molecular formula is C46H89NOSi. The van der Waals surface area contributed by atoms with Crippen molar-refractivity contribution in [1.29, 1.82) is 0 Å². The zero-order valence-electron chi connectivity index (χ0n) is 34.7. The number of rotatable bonds is 36. The van der Waals surface area contributed by atoms with E-state index < -0.39 is 8.32 Å². The van der Waals surface area contributed by atoms with Gasteiger partial charge in [0.05, 0.1) is 0 Å². The van der Waals surface area contributed by atoms with Crippen molar-refractivity contribution in [3.8, 4) is 0 Å². The van der Waals surface area contributed by atoms with Crippen LogP contribution >= 0.6 is 0 Å². The molecule has 0 aromatic rings. The molecule has 0 heterocycles. The Hall–Kier alpha value is -0.903. The summed E-state index contributed by atoms with van der Waals surface area (Å²) in [6.07, 6.45) is 53.4. The lowest BCUT2D eigenvalue weighted by Gasteiger charge is -2.36. The van der Waals surface area contributed by atoms with E-state index >= 15 is 0 Å². The van der Waals surface area contributed by atoms with Crippen molar-refractivity contribution in [1.82, 2.24) is 4.90 Å². The molecule has 0 N–H and O–H groups in total. The molecule has 3 heteroatoms. The highest BCUT2D eigenvalue weighted by atomic mass is 28.4. The molecule has 0 aromatic heterocycles. The lowest BCUT2D eigenvalue weighted by molar-refractivity contribution is 0.234. The fourth-order valence-electron chi connectivity index (χ4n) is 5.96. The molecule has 0 unspecified atom stereocenters. The Kier molecular flexibility index (Phi) is 34.8. The molecule has 49 heavy (non-hydrogen) atoms. The van der Waals surface area contributed by atoms with Gasteiger partial charge >= 0.3 is 0 Å². The first-order chi connectivity index (χ1) is 23.7. The van der Waals surface area contributed by atoms with Crippen molar-refractivity contribution < 1.29 is 4.43 Å². The molecule has 0 spiro atoms. The van der Waals surface area contributed by atoms with E-state index in [0.29, 0.717) is 5.04 Å². The van der Waals surface area contributed by atoms with Crippen LogP contribution in [0.3, 0.4) is 0 Å². The monoisotopic (exact) mass is 700 g/mol. The van der Waals surface area contributed by atoms with Crippen molar-refractivity contribution in [3.05, 3.63) is 48.6 Å². The summed E-state index contributed by atoms with van der Waals surface area (Å²) in [4.78, 5) is 2.79. The van der Waals surface area contributed by atoms with Gasteiger partial charge in [-0.3, -0.25) is 0 Å². The molecule has 288 valence electrons. The quantitative estimate of drug-likeness (QED) is 0.0367. The lowest BCUT2D eigenvalue weighted by atomic mass is 10.1. The Morgan fingerprint density at radius 3 is 1.12 bits per heavy atom. The van der Waals surface area contributed by atoms with Gasteiger partial charge in [-0.15, -0.1) is 0 Å². The second-order valence-electron chi connectivity index (χ2n) is 16.3. The molecule has 0 aliphatic carbocycles. The van der Waals surface area contributed by atoms with E-state index in [4.69, 9.17) is 4.43 Å². The molecule has 0 amide bonds. The van der Waals surface area contributed by atoms with Gasteiger partial charge < -0.3 is 9.33 Å². The van der Waals surface area contributed by atoms with Crippen LogP contribution in [0.15, 0.2) is 48.6 Å². The average molecular weight is 700 g/mol. The summed E-state index contributed by atoms with van der Waals surface area (Å²) in [5, 5.41) is 0.308. The maximum atomic E-state index is 6.47. The number of hydrogen-bond acceptors (Lipinski definition) is 2. The summed E-state index contributed by atoms with van der Waals surface area (Å²) >= 11 is 0. The van der Waals surface area contributed by atoms with Crippen LogP contribution in [0.5, 0.6) is 0 Å². The Morgan fingerprint density at radius 1 is 0.429 bits per heavy atom. The predicted molar refractivity (Wildman–Crippen MR) is 228 cm³/mol. The van der Waals surface area contributed by atoms with Crippen LogP contribution in [0.2, 0.25) is 18.1 Å². The summed E-state index contributed by atoms with van der Waals surface area (Å²) in [5.41, 5.74) is 0. The van der Waals surface area contributed by atoms with Crippen molar-refractivity contribution in [3.63, 3.8) is 0 Å². The number of unbranched alkanes of at least 4 members (excludes halogenated alkanes) is 19. The van der Waals surface area contributed by atoms with E-state index in [-0.39, 0.29) is 0 Å². The highest BCUT2D eigenvalue weighted by Crippen LogP contribution is 2.36. The van der Waals surface area contributed by atoms with Crippen molar-refractivity contribution >= 4 is 8.32 Å². The minimum atomic E-state index is -1.62. The number of nitrogens with zero attached hydrogens (tertiary/aromatic N) is 1. The first-order valence-corrected chi connectivity index (χ1v) is 24.6. The van der Waals surface area contributed by atoms with E-state index in [1.54, 1.807) is 0 Å². The molecular weight excluding hydrogens is 611 g/mol. The highest BCUT2D eigenvalue weighted by Gasteiger charge is 2.36. The van der Waals surface area contributed by atoms with Crippen molar-refractivity contribution in [2.45, 2.75) is 220 Å². The van der Waals surface area contributed by atoms with Gasteiger partial charge in [-0.2, -0.15) is 0 Å². The second kappa shape index (κ2) is 35.5. The molecule has 0 radical (unpaired) electrons. The largest absolute Gasteiger partial charge is 0.417 e. The van der Waals surface area contributed by atoms with Crippen molar-refractivity contribution in [2.24, 2.45) is 0 Å². The van der Waals surface area contributed by atoms with Gasteiger partial charge in [0.1, 0.15) is 0 Å². The first kappa shape index (κ1) is 48.1. The standard InChI is InChI=1S/C46H89NOSi/c1-8-10-12-14-16-18-20-22-24-26-28-30-32-34-36-38-42-47(44-40-41-45-48-49(6,7)46(3,4)5)43-39-37-35-33-31-29-27-25-23-21-19-17-15-13-11-9-2/h16-19,22-25H,8-15,20-21,26-45H2,1-7H3/b18-16-,19-17-,24-22-,25-23-. The van der Waals surface area contributed by atoms with Gasteiger partial charge in [-0.25, -0.2) is 0 Å². The molecule has 0 saturated carbocycles. The van der Waals surface area contributed by atoms with Gasteiger partial charge in [0.15, 0.2) is 8.32 Å². The van der Waals surface area contributed by atoms with Crippen LogP contribution in [0.4, 0.5) is 0 Å². The topological polar surface area (TPSA) is 12.5 Å². The van der Waals surface area contributed by atoms with Crippen LogP contribution < -0.4 is 0 Å². The minimum Gasteiger partial charge on any atom is -0.417 e. The van der Waals surface area contributed by atoms with Crippen LogP contribution in [-0.4, -0.2) is 39.5 Å². The third kappa shape index (κ3) is 34.0. The maximum Gasteiger partial charge on any atom is 0.191 e. The zero-order valence-corrected chi connectivity index (χ0v) is 35.7. The lowest BCUT2D eigenvalue weighted by Crippen LogP contribution is -2.41. The molecule has 2 nitrogen and oxygen atoms in total. The van der Waals surface area contributed by atoms with Crippen LogP contribution in [-0.2, 0) is 4.43 Å². The molecule has 0 bridgehead atoms. The number of hydrogen-bond donors (Lipinski definition) is 0. The summed E-state index contributed by atoms with van der Waals surface area (Å²) < 4.78 is 6.47. The van der Waals surface area contributed by atoms with Gasteiger partial charge in [-0.05, 0) is 128 Å². The Morgan fingerprint density at radius 2 is 0.755 bits per heavy atom. The van der Waals surface area contributed by atoms with Gasteiger partial charge in [0.2, 0.25) is 0 Å².